The first kappa shape index (κ1) is 22.5. The molecule has 0 aromatic heterocycles. The average Bonchev–Trinajstić information content (AvgIpc) is 3.13. The first-order valence-electron chi connectivity index (χ1n) is 10.2. The number of hydrogen-bond acceptors (Lipinski definition) is 7. The molecule has 0 radical (unpaired) electrons. The molecule has 34 heavy (non-hydrogen) atoms. The van der Waals surface area contributed by atoms with Crippen LogP contribution in [0, 0.1) is 10.1 Å². The first-order valence-corrected chi connectivity index (χ1v) is 10.2. The molecule has 1 unspecified atom stereocenters. The summed E-state index contributed by atoms with van der Waals surface area (Å²) in [6, 6.07) is 17.6. The number of aliphatic hydroxyl groups excluding tert-OH is 1. The molecule has 9 nitrogen and oxygen atoms in total. The molecule has 0 spiro atoms. The summed E-state index contributed by atoms with van der Waals surface area (Å²) in [5, 5.41) is 22.4. The fourth-order valence-corrected chi connectivity index (χ4v) is 3.95. The molecule has 4 rings (SSSR count). The molecule has 1 amide bonds. The summed E-state index contributed by atoms with van der Waals surface area (Å²) in [6.45, 7) is 0. The maximum Gasteiger partial charge on any atom is 0.300 e. The Bertz CT molecular complexity index is 1320. The van der Waals surface area contributed by atoms with Crippen molar-refractivity contribution < 1.29 is 29.1 Å². The van der Waals surface area contributed by atoms with Crippen LogP contribution in [0.5, 0.6) is 11.5 Å². The van der Waals surface area contributed by atoms with Crippen molar-refractivity contribution in [1.29, 1.82) is 0 Å². The minimum absolute atomic E-state index is 0.142. The number of ketones is 1. The predicted octanol–water partition coefficient (Wildman–Crippen LogP) is 4.24. The third-order valence-corrected chi connectivity index (χ3v) is 5.53. The summed E-state index contributed by atoms with van der Waals surface area (Å²) >= 11 is 0. The number of nitro benzene ring substituents is 1. The van der Waals surface area contributed by atoms with Gasteiger partial charge >= 0.3 is 0 Å². The second-order valence-corrected chi connectivity index (χ2v) is 7.43. The maximum atomic E-state index is 13.2. The Kier molecular flexibility index (Phi) is 6.01. The molecule has 0 aliphatic carbocycles. The van der Waals surface area contributed by atoms with Crippen molar-refractivity contribution in [2.45, 2.75) is 6.04 Å². The zero-order valence-electron chi connectivity index (χ0n) is 18.3. The van der Waals surface area contributed by atoms with Crippen LogP contribution in [-0.2, 0) is 9.59 Å². The molecule has 9 heteroatoms. The third kappa shape index (κ3) is 3.83. The topological polar surface area (TPSA) is 119 Å². The SMILES string of the molecule is COc1ccc(C2/C(=C(/O)c3ccccc3)C(=O)C(=O)N2c2cccc([N+](=O)[O-])c2)cc1OC. The number of carbonyl (C=O) groups excluding carboxylic acids is 2. The number of rotatable bonds is 6. The Morgan fingerprint density at radius 1 is 0.941 bits per heavy atom. The lowest BCUT2D eigenvalue weighted by Gasteiger charge is -2.26. The molecule has 0 saturated carbocycles. The molecule has 172 valence electrons. The fourth-order valence-electron chi connectivity index (χ4n) is 3.95. The third-order valence-electron chi connectivity index (χ3n) is 5.53. The van der Waals surface area contributed by atoms with E-state index in [2.05, 4.69) is 0 Å². The van der Waals surface area contributed by atoms with Crippen molar-refractivity contribution in [3.05, 3.63) is 99.6 Å². The highest BCUT2D eigenvalue weighted by Crippen LogP contribution is 2.44. The summed E-state index contributed by atoms with van der Waals surface area (Å²) in [7, 11) is 2.92. The van der Waals surface area contributed by atoms with Gasteiger partial charge in [-0.25, -0.2) is 0 Å². The van der Waals surface area contributed by atoms with Crippen LogP contribution in [0.25, 0.3) is 5.76 Å². The van der Waals surface area contributed by atoms with Gasteiger partial charge in [-0.2, -0.15) is 0 Å². The molecule has 1 heterocycles. The smallest absolute Gasteiger partial charge is 0.300 e. The van der Waals surface area contributed by atoms with Crippen LogP contribution < -0.4 is 14.4 Å². The summed E-state index contributed by atoms with van der Waals surface area (Å²) < 4.78 is 10.7. The predicted molar refractivity (Wildman–Crippen MR) is 124 cm³/mol. The van der Waals surface area contributed by atoms with Gasteiger partial charge in [-0.3, -0.25) is 24.6 Å². The van der Waals surface area contributed by atoms with E-state index in [0.29, 0.717) is 22.6 Å². The lowest BCUT2D eigenvalue weighted by atomic mass is 9.94. The molecular formula is C25H20N2O7. The molecule has 1 fully saturated rings. The number of carbonyl (C=O) groups is 2. The Morgan fingerprint density at radius 3 is 2.29 bits per heavy atom. The Morgan fingerprint density at radius 2 is 1.65 bits per heavy atom. The average molecular weight is 460 g/mol. The normalized spacial score (nSPS) is 17.0. The van der Waals surface area contributed by atoms with Crippen LogP contribution >= 0.6 is 0 Å². The molecule has 1 saturated heterocycles. The van der Waals surface area contributed by atoms with Gasteiger partial charge in [0.15, 0.2) is 11.5 Å². The summed E-state index contributed by atoms with van der Waals surface area (Å²) in [5.41, 5.74) is 0.553. The standard InChI is InChI=1S/C25H20N2O7/c1-33-19-12-11-16(13-20(19)34-2)22-21(23(28)15-7-4-3-5-8-15)24(29)25(30)26(22)17-9-6-10-18(14-17)27(31)32/h3-14,22,28H,1-2H3/b23-21-. The van der Waals surface area contributed by atoms with E-state index in [1.54, 1.807) is 48.5 Å². The van der Waals surface area contributed by atoms with Gasteiger partial charge in [0.1, 0.15) is 5.76 Å². The van der Waals surface area contributed by atoms with E-state index in [1.165, 1.54) is 38.5 Å². The van der Waals surface area contributed by atoms with Crippen LogP contribution in [0.2, 0.25) is 0 Å². The van der Waals surface area contributed by atoms with Crippen molar-refractivity contribution in [1.82, 2.24) is 0 Å². The van der Waals surface area contributed by atoms with E-state index >= 15 is 0 Å². The van der Waals surface area contributed by atoms with E-state index in [0.717, 1.165) is 4.90 Å². The van der Waals surface area contributed by atoms with Crippen molar-refractivity contribution in [3.8, 4) is 11.5 Å². The van der Waals surface area contributed by atoms with Crippen LogP contribution in [0.1, 0.15) is 17.2 Å². The van der Waals surface area contributed by atoms with E-state index in [4.69, 9.17) is 9.47 Å². The molecule has 1 aliphatic rings. The largest absolute Gasteiger partial charge is 0.507 e. The highest BCUT2D eigenvalue weighted by Gasteiger charge is 2.47. The Hall–Kier alpha value is -4.66. The number of aliphatic hydroxyl groups is 1. The molecule has 3 aromatic carbocycles. The number of methoxy groups -OCH3 is 2. The Balaban J connectivity index is 1.98. The van der Waals surface area contributed by atoms with Gasteiger partial charge in [0.05, 0.1) is 36.4 Å². The fraction of sp³-hybridized carbons (Fsp3) is 0.120. The second kappa shape index (κ2) is 9.07. The number of Topliss-reactive ketones (excluding diaryl/α,β-unsaturated/α-hetero) is 1. The van der Waals surface area contributed by atoms with E-state index in [9.17, 15) is 24.8 Å². The summed E-state index contributed by atoms with van der Waals surface area (Å²) in [6.07, 6.45) is 0. The minimum Gasteiger partial charge on any atom is -0.507 e. The van der Waals surface area contributed by atoms with E-state index in [1.807, 2.05) is 0 Å². The lowest BCUT2D eigenvalue weighted by Crippen LogP contribution is -2.29. The molecular weight excluding hydrogens is 440 g/mol. The lowest BCUT2D eigenvalue weighted by molar-refractivity contribution is -0.384. The van der Waals surface area contributed by atoms with Crippen LogP contribution in [-0.4, -0.2) is 35.9 Å². The first-order chi connectivity index (χ1) is 16.4. The number of nitrogens with zero attached hydrogens (tertiary/aromatic N) is 2. The number of nitro groups is 1. The van der Waals surface area contributed by atoms with Gasteiger partial charge < -0.3 is 14.6 Å². The van der Waals surface area contributed by atoms with Crippen molar-refractivity contribution >= 4 is 28.8 Å². The molecule has 1 aliphatic heterocycles. The van der Waals surface area contributed by atoms with Crippen molar-refractivity contribution in [2.75, 3.05) is 19.1 Å². The number of amides is 1. The van der Waals surface area contributed by atoms with E-state index < -0.39 is 22.7 Å². The number of hydrogen-bond donors (Lipinski definition) is 1. The number of anilines is 1. The highest BCUT2D eigenvalue weighted by atomic mass is 16.6. The van der Waals surface area contributed by atoms with Crippen LogP contribution in [0.15, 0.2) is 78.4 Å². The van der Waals surface area contributed by atoms with Gasteiger partial charge in [0, 0.05) is 17.7 Å². The van der Waals surface area contributed by atoms with E-state index in [-0.39, 0.29) is 22.7 Å². The quantitative estimate of drug-likeness (QED) is 0.192. The Labute approximate surface area is 194 Å². The molecule has 0 bridgehead atoms. The molecule has 3 aromatic rings. The van der Waals surface area contributed by atoms with Gasteiger partial charge in [0.25, 0.3) is 17.4 Å². The summed E-state index contributed by atoms with van der Waals surface area (Å²) in [4.78, 5) is 38.3. The number of benzene rings is 3. The molecule has 1 atom stereocenters. The van der Waals surface area contributed by atoms with Gasteiger partial charge in [-0.15, -0.1) is 0 Å². The second-order valence-electron chi connectivity index (χ2n) is 7.43. The van der Waals surface area contributed by atoms with Crippen LogP contribution in [0.4, 0.5) is 11.4 Å². The maximum absolute atomic E-state index is 13.2. The minimum atomic E-state index is -1.07. The van der Waals surface area contributed by atoms with Crippen molar-refractivity contribution in [3.63, 3.8) is 0 Å². The van der Waals surface area contributed by atoms with Gasteiger partial charge in [0.2, 0.25) is 0 Å². The van der Waals surface area contributed by atoms with Gasteiger partial charge in [-0.05, 0) is 23.8 Å². The monoisotopic (exact) mass is 460 g/mol. The summed E-state index contributed by atoms with van der Waals surface area (Å²) in [5.74, 6) is -1.40. The van der Waals surface area contributed by atoms with Gasteiger partial charge in [-0.1, -0.05) is 42.5 Å². The van der Waals surface area contributed by atoms with Crippen molar-refractivity contribution in [2.24, 2.45) is 0 Å². The highest BCUT2D eigenvalue weighted by molar-refractivity contribution is 6.51. The number of non-ortho nitro benzene ring substituents is 1. The zero-order valence-corrected chi connectivity index (χ0v) is 18.3. The van der Waals surface area contributed by atoms with Crippen LogP contribution in [0.3, 0.4) is 0 Å². The number of ether oxygens (including phenoxy) is 2. The zero-order chi connectivity index (χ0) is 24.4. The molecule has 1 N–H and O–H groups in total.